The lowest BCUT2D eigenvalue weighted by Crippen LogP contribution is -2.39. The molecule has 2 aromatic rings. The molecule has 1 amide bonds. The van der Waals surface area contributed by atoms with E-state index >= 15 is 0 Å². The number of rotatable bonds is 6. The first-order valence-corrected chi connectivity index (χ1v) is 7.70. The van der Waals surface area contributed by atoms with E-state index < -0.39 is 0 Å². The Balaban J connectivity index is 2.02. The van der Waals surface area contributed by atoms with Gasteiger partial charge in [-0.15, -0.1) is 0 Å². The van der Waals surface area contributed by atoms with Crippen LogP contribution in [-0.4, -0.2) is 30.9 Å². The first kappa shape index (κ1) is 16.2. The van der Waals surface area contributed by atoms with E-state index in [9.17, 15) is 4.79 Å². The molecular weight excluding hydrogens is 272 g/mol. The SMILES string of the molecule is CCN(C(=O)CN(C)Cc1ccccc1)c1ccccc1C. The van der Waals surface area contributed by atoms with Crippen molar-refractivity contribution in [3.8, 4) is 0 Å². The fraction of sp³-hybridized carbons (Fsp3) is 0.316. The van der Waals surface area contributed by atoms with Gasteiger partial charge in [0.2, 0.25) is 5.91 Å². The average molecular weight is 296 g/mol. The third-order valence-corrected chi connectivity index (χ3v) is 3.72. The Morgan fingerprint density at radius 2 is 1.64 bits per heavy atom. The molecule has 116 valence electrons. The molecule has 0 bridgehead atoms. The maximum atomic E-state index is 12.6. The van der Waals surface area contributed by atoms with Crippen LogP contribution in [0, 0.1) is 6.92 Å². The maximum absolute atomic E-state index is 12.6. The first-order valence-electron chi connectivity index (χ1n) is 7.70. The molecule has 0 N–H and O–H groups in total. The number of para-hydroxylation sites is 1. The summed E-state index contributed by atoms with van der Waals surface area (Å²) in [5, 5.41) is 0. The van der Waals surface area contributed by atoms with Crippen LogP contribution in [0.25, 0.3) is 0 Å². The van der Waals surface area contributed by atoms with Gasteiger partial charge in [-0.05, 0) is 38.1 Å². The molecule has 0 aromatic heterocycles. The molecule has 0 fully saturated rings. The number of hydrogen-bond donors (Lipinski definition) is 0. The highest BCUT2D eigenvalue weighted by Crippen LogP contribution is 2.19. The normalized spacial score (nSPS) is 10.7. The smallest absolute Gasteiger partial charge is 0.241 e. The van der Waals surface area contributed by atoms with Crippen molar-refractivity contribution in [2.75, 3.05) is 25.0 Å². The van der Waals surface area contributed by atoms with Crippen LogP contribution >= 0.6 is 0 Å². The number of hydrogen-bond acceptors (Lipinski definition) is 2. The van der Waals surface area contributed by atoms with Gasteiger partial charge in [-0.1, -0.05) is 48.5 Å². The number of benzene rings is 2. The minimum atomic E-state index is 0.134. The van der Waals surface area contributed by atoms with E-state index in [0.717, 1.165) is 17.8 Å². The summed E-state index contributed by atoms with van der Waals surface area (Å²) >= 11 is 0. The van der Waals surface area contributed by atoms with Crippen molar-refractivity contribution in [3.63, 3.8) is 0 Å². The summed E-state index contributed by atoms with van der Waals surface area (Å²) < 4.78 is 0. The number of carbonyl (C=O) groups excluding carboxylic acids is 1. The van der Waals surface area contributed by atoms with E-state index in [1.54, 1.807) is 0 Å². The Kier molecular flexibility index (Phi) is 5.73. The van der Waals surface area contributed by atoms with Gasteiger partial charge in [-0.25, -0.2) is 0 Å². The summed E-state index contributed by atoms with van der Waals surface area (Å²) in [5.41, 5.74) is 3.35. The summed E-state index contributed by atoms with van der Waals surface area (Å²) in [6, 6.07) is 18.2. The molecule has 0 spiro atoms. The largest absolute Gasteiger partial charge is 0.311 e. The van der Waals surface area contributed by atoms with Gasteiger partial charge in [0.25, 0.3) is 0 Å². The van der Waals surface area contributed by atoms with E-state index in [4.69, 9.17) is 0 Å². The van der Waals surface area contributed by atoms with Gasteiger partial charge >= 0.3 is 0 Å². The average Bonchev–Trinajstić information content (AvgIpc) is 2.50. The number of carbonyl (C=O) groups is 1. The highest BCUT2D eigenvalue weighted by molar-refractivity contribution is 5.95. The van der Waals surface area contributed by atoms with Gasteiger partial charge < -0.3 is 4.90 Å². The zero-order chi connectivity index (χ0) is 15.9. The third-order valence-electron chi connectivity index (χ3n) is 3.72. The quantitative estimate of drug-likeness (QED) is 0.815. The molecule has 0 heterocycles. The van der Waals surface area contributed by atoms with E-state index in [2.05, 4.69) is 17.0 Å². The molecule has 22 heavy (non-hydrogen) atoms. The predicted octanol–water partition coefficient (Wildman–Crippen LogP) is 3.48. The second kappa shape index (κ2) is 7.76. The molecule has 3 heteroatoms. The van der Waals surface area contributed by atoms with Gasteiger partial charge in [-0.3, -0.25) is 9.69 Å². The molecule has 0 aliphatic carbocycles. The minimum absolute atomic E-state index is 0.134. The van der Waals surface area contributed by atoms with Crippen molar-refractivity contribution in [3.05, 3.63) is 65.7 Å². The number of nitrogens with zero attached hydrogens (tertiary/aromatic N) is 2. The van der Waals surface area contributed by atoms with Crippen molar-refractivity contribution < 1.29 is 4.79 Å². The van der Waals surface area contributed by atoms with E-state index in [-0.39, 0.29) is 5.91 Å². The van der Waals surface area contributed by atoms with Crippen LogP contribution in [-0.2, 0) is 11.3 Å². The lowest BCUT2D eigenvalue weighted by atomic mass is 10.1. The topological polar surface area (TPSA) is 23.6 Å². The molecule has 0 radical (unpaired) electrons. The second-order valence-electron chi connectivity index (χ2n) is 5.58. The molecule has 2 aromatic carbocycles. The Hall–Kier alpha value is -2.13. The number of anilines is 1. The summed E-state index contributed by atoms with van der Waals surface area (Å²) in [6.07, 6.45) is 0. The fourth-order valence-corrected chi connectivity index (χ4v) is 2.61. The Morgan fingerprint density at radius 1 is 1.00 bits per heavy atom. The van der Waals surface area contributed by atoms with E-state index in [0.29, 0.717) is 13.1 Å². The minimum Gasteiger partial charge on any atom is -0.311 e. The zero-order valence-corrected chi connectivity index (χ0v) is 13.6. The van der Waals surface area contributed by atoms with Crippen molar-refractivity contribution in [2.45, 2.75) is 20.4 Å². The molecular formula is C19H24N2O. The highest BCUT2D eigenvalue weighted by atomic mass is 16.2. The van der Waals surface area contributed by atoms with Crippen molar-refractivity contribution in [1.29, 1.82) is 0 Å². The van der Waals surface area contributed by atoms with E-state index in [1.807, 2.05) is 68.3 Å². The summed E-state index contributed by atoms with van der Waals surface area (Å²) in [6.45, 7) is 5.93. The van der Waals surface area contributed by atoms with Crippen LogP contribution in [0.15, 0.2) is 54.6 Å². The lowest BCUT2D eigenvalue weighted by Gasteiger charge is -2.25. The lowest BCUT2D eigenvalue weighted by molar-refractivity contribution is -0.119. The highest BCUT2D eigenvalue weighted by Gasteiger charge is 2.17. The molecule has 0 aliphatic heterocycles. The van der Waals surface area contributed by atoms with Crippen LogP contribution < -0.4 is 4.90 Å². The monoisotopic (exact) mass is 296 g/mol. The Labute approximate surface area is 133 Å². The second-order valence-corrected chi connectivity index (χ2v) is 5.58. The van der Waals surface area contributed by atoms with Crippen LogP contribution in [0.3, 0.4) is 0 Å². The first-order chi connectivity index (χ1) is 10.6. The van der Waals surface area contributed by atoms with Gasteiger partial charge in [0.05, 0.1) is 6.54 Å². The number of amides is 1. The van der Waals surface area contributed by atoms with Gasteiger partial charge in [0.15, 0.2) is 0 Å². The van der Waals surface area contributed by atoms with Crippen molar-refractivity contribution in [2.24, 2.45) is 0 Å². The Morgan fingerprint density at radius 3 is 2.27 bits per heavy atom. The molecule has 0 aliphatic rings. The van der Waals surface area contributed by atoms with Crippen LogP contribution in [0.5, 0.6) is 0 Å². The van der Waals surface area contributed by atoms with Crippen LogP contribution in [0.4, 0.5) is 5.69 Å². The number of aryl methyl sites for hydroxylation is 1. The predicted molar refractivity (Wildman–Crippen MR) is 92.0 cm³/mol. The Bertz CT molecular complexity index is 610. The van der Waals surface area contributed by atoms with Crippen molar-refractivity contribution >= 4 is 11.6 Å². The van der Waals surface area contributed by atoms with Gasteiger partial charge in [-0.2, -0.15) is 0 Å². The molecule has 3 nitrogen and oxygen atoms in total. The molecule has 0 unspecified atom stereocenters. The third kappa shape index (κ3) is 4.18. The molecule has 2 rings (SSSR count). The molecule has 0 saturated heterocycles. The maximum Gasteiger partial charge on any atom is 0.241 e. The zero-order valence-electron chi connectivity index (χ0n) is 13.6. The molecule has 0 saturated carbocycles. The van der Waals surface area contributed by atoms with E-state index in [1.165, 1.54) is 5.56 Å². The van der Waals surface area contributed by atoms with Gasteiger partial charge in [0, 0.05) is 18.8 Å². The van der Waals surface area contributed by atoms with Crippen molar-refractivity contribution in [1.82, 2.24) is 4.90 Å². The van der Waals surface area contributed by atoms with Gasteiger partial charge in [0.1, 0.15) is 0 Å². The molecule has 0 atom stereocenters. The van der Waals surface area contributed by atoms with Crippen LogP contribution in [0.2, 0.25) is 0 Å². The standard InChI is InChI=1S/C19H24N2O/c1-4-21(18-13-9-8-10-16(18)2)19(22)15-20(3)14-17-11-6-5-7-12-17/h5-13H,4,14-15H2,1-3H3. The summed E-state index contributed by atoms with van der Waals surface area (Å²) in [4.78, 5) is 16.5. The fourth-order valence-electron chi connectivity index (χ4n) is 2.61. The summed E-state index contributed by atoms with van der Waals surface area (Å²) in [5.74, 6) is 0.134. The van der Waals surface area contributed by atoms with Crippen LogP contribution in [0.1, 0.15) is 18.1 Å². The summed E-state index contributed by atoms with van der Waals surface area (Å²) in [7, 11) is 1.98. The number of likely N-dealkylation sites (N-methyl/N-ethyl adjacent to an activating group) is 2.